The summed E-state index contributed by atoms with van der Waals surface area (Å²) < 4.78 is 27.8. The molecule has 0 atom stereocenters. The highest BCUT2D eigenvalue weighted by molar-refractivity contribution is 5.72. The lowest BCUT2D eigenvalue weighted by atomic mass is 10.00. The standard InChI is InChI=1S/C36H42N2O5/c1-25-17-30(20-32(39-2)35(25)42-5)28-11-7-9-26(18-28)23-37-13-15-38(16-14-37)24-27-10-8-12-29(19-27)31-21-33(40-3)36(43-6)34(22-31)41-4/h7-12,17-22H,13-16,23-24H2,1-6H3. The third-order valence-electron chi connectivity index (χ3n) is 8.13. The van der Waals surface area contributed by atoms with Crippen molar-refractivity contribution in [2.24, 2.45) is 0 Å². The van der Waals surface area contributed by atoms with E-state index in [2.05, 4.69) is 77.4 Å². The van der Waals surface area contributed by atoms with Gasteiger partial charge in [-0.3, -0.25) is 9.80 Å². The number of piperazine rings is 1. The van der Waals surface area contributed by atoms with Crippen LogP contribution in [0.25, 0.3) is 22.3 Å². The number of ether oxygens (including phenoxy) is 5. The Morgan fingerprint density at radius 3 is 1.33 bits per heavy atom. The van der Waals surface area contributed by atoms with Crippen LogP contribution in [0.2, 0.25) is 0 Å². The highest BCUT2D eigenvalue weighted by Gasteiger charge is 2.19. The summed E-state index contributed by atoms with van der Waals surface area (Å²) in [7, 11) is 8.28. The zero-order chi connectivity index (χ0) is 30.3. The Bertz CT molecular complexity index is 1520. The van der Waals surface area contributed by atoms with Gasteiger partial charge in [-0.2, -0.15) is 0 Å². The Hall–Kier alpha value is -4.20. The van der Waals surface area contributed by atoms with Crippen LogP contribution in [-0.2, 0) is 13.1 Å². The highest BCUT2D eigenvalue weighted by Crippen LogP contribution is 2.41. The van der Waals surface area contributed by atoms with Crippen molar-refractivity contribution < 1.29 is 23.7 Å². The molecule has 0 aromatic heterocycles. The van der Waals surface area contributed by atoms with Gasteiger partial charge >= 0.3 is 0 Å². The molecule has 1 aliphatic heterocycles. The molecule has 1 aliphatic rings. The number of aryl methyl sites for hydroxylation is 1. The first-order valence-electron chi connectivity index (χ1n) is 14.6. The molecule has 0 spiro atoms. The van der Waals surface area contributed by atoms with E-state index in [1.807, 2.05) is 12.1 Å². The van der Waals surface area contributed by atoms with Gasteiger partial charge in [0.1, 0.15) is 0 Å². The fraction of sp³-hybridized carbons (Fsp3) is 0.333. The van der Waals surface area contributed by atoms with E-state index in [9.17, 15) is 0 Å². The first-order chi connectivity index (χ1) is 21.0. The quantitative estimate of drug-likeness (QED) is 0.195. The SMILES string of the molecule is COc1cc(-c2cccc(CN3CCN(Cc4cccc(-c5cc(OC)c(OC)c(OC)c5)c4)CC3)c2)cc(C)c1OC. The normalized spacial score (nSPS) is 13.9. The maximum absolute atomic E-state index is 5.59. The molecule has 5 rings (SSSR count). The van der Waals surface area contributed by atoms with Gasteiger partial charge in [0, 0.05) is 39.3 Å². The zero-order valence-electron chi connectivity index (χ0n) is 26.1. The predicted octanol–water partition coefficient (Wildman–Crippen LogP) is 6.69. The third kappa shape index (κ3) is 6.90. The van der Waals surface area contributed by atoms with E-state index in [1.165, 1.54) is 16.7 Å². The van der Waals surface area contributed by atoms with Crippen LogP contribution in [0.1, 0.15) is 16.7 Å². The first kappa shape index (κ1) is 30.3. The van der Waals surface area contributed by atoms with Crippen molar-refractivity contribution in [3.8, 4) is 51.0 Å². The number of methoxy groups -OCH3 is 5. The molecule has 7 heteroatoms. The van der Waals surface area contributed by atoms with Gasteiger partial charge in [-0.25, -0.2) is 0 Å². The number of hydrogen-bond acceptors (Lipinski definition) is 7. The second-order valence-electron chi connectivity index (χ2n) is 10.9. The van der Waals surface area contributed by atoms with Crippen molar-refractivity contribution in [1.29, 1.82) is 0 Å². The second kappa shape index (κ2) is 13.8. The van der Waals surface area contributed by atoms with Gasteiger partial charge in [0.15, 0.2) is 23.0 Å². The summed E-state index contributed by atoms with van der Waals surface area (Å²) in [6.07, 6.45) is 0. The van der Waals surface area contributed by atoms with Crippen molar-refractivity contribution in [2.75, 3.05) is 61.7 Å². The van der Waals surface area contributed by atoms with Crippen LogP contribution in [0.15, 0.2) is 72.8 Å². The molecule has 43 heavy (non-hydrogen) atoms. The minimum atomic E-state index is 0.602. The molecule has 1 heterocycles. The highest BCUT2D eigenvalue weighted by atomic mass is 16.5. The van der Waals surface area contributed by atoms with E-state index < -0.39 is 0 Å². The molecule has 0 amide bonds. The molecular formula is C36H42N2O5. The van der Waals surface area contributed by atoms with Crippen LogP contribution in [0.3, 0.4) is 0 Å². The summed E-state index contributed by atoms with van der Waals surface area (Å²) in [5.41, 5.74) is 8.15. The van der Waals surface area contributed by atoms with E-state index in [4.69, 9.17) is 23.7 Å². The lowest BCUT2D eigenvalue weighted by Gasteiger charge is -2.35. The average molecular weight is 583 g/mol. The third-order valence-corrected chi connectivity index (χ3v) is 8.13. The van der Waals surface area contributed by atoms with Crippen LogP contribution in [0.4, 0.5) is 0 Å². The summed E-state index contributed by atoms with van der Waals surface area (Å²) in [4.78, 5) is 5.08. The molecule has 0 unspecified atom stereocenters. The van der Waals surface area contributed by atoms with Crippen molar-refractivity contribution in [3.05, 3.63) is 89.5 Å². The Morgan fingerprint density at radius 2 is 0.907 bits per heavy atom. The van der Waals surface area contributed by atoms with Crippen molar-refractivity contribution >= 4 is 0 Å². The van der Waals surface area contributed by atoms with E-state index in [0.29, 0.717) is 17.2 Å². The molecule has 1 fully saturated rings. The Balaban J connectivity index is 1.21. The molecular weight excluding hydrogens is 540 g/mol. The van der Waals surface area contributed by atoms with Gasteiger partial charge in [-0.05, 0) is 82.3 Å². The number of benzene rings is 4. The minimum Gasteiger partial charge on any atom is -0.493 e. The Kier molecular flexibility index (Phi) is 9.75. The Labute approximate surface area is 255 Å². The molecule has 0 radical (unpaired) electrons. The second-order valence-corrected chi connectivity index (χ2v) is 10.9. The van der Waals surface area contributed by atoms with E-state index in [1.54, 1.807) is 35.5 Å². The van der Waals surface area contributed by atoms with Crippen molar-refractivity contribution in [3.63, 3.8) is 0 Å². The molecule has 7 nitrogen and oxygen atoms in total. The summed E-state index contributed by atoms with van der Waals surface area (Å²) >= 11 is 0. The smallest absolute Gasteiger partial charge is 0.203 e. The molecule has 1 saturated heterocycles. The van der Waals surface area contributed by atoms with Crippen molar-refractivity contribution in [1.82, 2.24) is 9.80 Å². The van der Waals surface area contributed by atoms with Crippen molar-refractivity contribution in [2.45, 2.75) is 20.0 Å². The summed E-state index contributed by atoms with van der Waals surface area (Å²) in [5.74, 6) is 3.46. The maximum Gasteiger partial charge on any atom is 0.203 e. The summed E-state index contributed by atoms with van der Waals surface area (Å²) in [6.45, 7) is 8.03. The van der Waals surface area contributed by atoms with Crippen LogP contribution < -0.4 is 23.7 Å². The van der Waals surface area contributed by atoms with Crippen LogP contribution in [0, 0.1) is 6.92 Å². The zero-order valence-corrected chi connectivity index (χ0v) is 26.1. The molecule has 0 saturated carbocycles. The molecule has 4 aromatic rings. The largest absolute Gasteiger partial charge is 0.493 e. The number of hydrogen-bond donors (Lipinski definition) is 0. The van der Waals surface area contributed by atoms with Gasteiger partial charge in [0.05, 0.1) is 35.5 Å². The molecule has 0 aliphatic carbocycles. The summed E-state index contributed by atoms with van der Waals surface area (Å²) in [5, 5.41) is 0. The fourth-order valence-electron chi connectivity index (χ4n) is 5.89. The molecule has 0 bridgehead atoms. The number of nitrogens with zero attached hydrogens (tertiary/aromatic N) is 2. The summed E-state index contributed by atoms with van der Waals surface area (Å²) in [6, 6.07) is 25.7. The molecule has 226 valence electrons. The van der Waals surface area contributed by atoms with E-state index in [0.717, 1.165) is 73.0 Å². The van der Waals surface area contributed by atoms with Crippen LogP contribution in [0.5, 0.6) is 28.7 Å². The van der Waals surface area contributed by atoms with Gasteiger partial charge in [0.25, 0.3) is 0 Å². The fourth-order valence-corrected chi connectivity index (χ4v) is 5.89. The van der Waals surface area contributed by atoms with Gasteiger partial charge < -0.3 is 23.7 Å². The first-order valence-corrected chi connectivity index (χ1v) is 14.6. The minimum absolute atomic E-state index is 0.602. The molecule has 0 N–H and O–H groups in total. The van der Waals surface area contributed by atoms with E-state index in [-0.39, 0.29) is 0 Å². The topological polar surface area (TPSA) is 52.6 Å². The number of rotatable bonds is 11. The lowest BCUT2D eigenvalue weighted by Crippen LogP contribution is -2.45. The maximum atomic E-state index is 5.59. The Morgan fingerprint density at radius 1 is 0.488 bits per heavy atom. The van der Waals surface area contributed by atoms with Gasteiger partial charge in [0.2, 0.25) is 5.75 Å². The van der Waals surface area contributed by atoms with Gasteiger partial charge in [-0.1, -0.05) is 36.4 Å². The molecule has 4 aromatic carbocycles. The lowest BCUT2D eigenvalue weighted by molar-refractivity contribution is 0.122. The predicted molar refractivity (Wildman–Crippen MR) is 172 cm³/mol. The van der Waals surface area contributed by atoms with Gasteiger partial charge in [-0.15, -0.1) is 0 Å². The van der Waals surface area contributed by atoms with E-state index >= 15 is 0 Å². The van der Waals surface area contributed by atoms with Crippen LogP contribution >= 0.6 is 0 Å². The monoisotopic (exact) mass is 582 g/mol. The van der Waals surface area contributed by atoms with Crippen LogP contribution in [-0.4, -0.2) is 71.5 Å². The average Bonchev–Trinajstić information content (AvgIpc) is 3.04.